The molecule has 0 saturated heterocycles. The molecule has 0 unspecified atom stereocenters. The number of nitrogens with zero attached hydrogens (tertiary/aromatic N) is 4. The zero-order valence-corrected chi connectivity index (χ0v) is 15.7. The fourth-order valence-corrected chi connectivity index (χ4v) is 2.76. The van der Waals surface area contributed by atoms with Gasteiger partial charge in [0.1, 0.15) is 5.75 Å². The topological polar surface area (TPSA) is 81.9 Å². The van der Waals surface area contributed by atoms with Crippen molar-refractivity contribution in [3.8, 4) is 17.1 Å². The molecule has 134 valence electrons. The standard InChI is InChI=1S/C16H12Cl3N5O2/c1-24-16(21-22-23-24)9-3-2-4-10(5-9)20-15(25)8-26-14-7-12(18)11(17)6-13(14)19/h2-7H,8H2,1H3,(H,20,25). The van der Waals surface area contributed by atoms with Crippen LogP contribution in [0.2, 0.25) is 15.1 Å². The SMILES string of the molecule is Cn1nnnc1-c1cccc(NC(=O)COc2cc(Cl)c(Cl)cc2Cl)c1. The molecule has 3 rings (SSSR count). The number of hydrogen-bond donors (Lipinski definition) is 1. The lowest BCUT2D eigenvalue weighted by molar-refractivity contribution is -0.118. The minimum absolute atomic E-state index is 0.243. The number of amides is 1. The summed E-state index contributed by atoms with van der Waals surface area (Å²) in [5, 5.41) is 14.9. The Morgan fingerprint density at radius 1 is 1.15 bits per heavy atom. The van der Waals surface area contributed by atoms with E-state index in [1.807, 2.05) is 6.07 Å². The number of rotatable bonds is 5. The molecule has 0 fully saturated rings. The second kappa shape index (κ2) is 7.90. The summed E-state index contributed by atoms with van der Waals surface area (Å²) < 4.78 is 6.94. The van der Waals surface area contributed by atoms with Gasteiger partial charge < -0.3 is 10.1 Å². The third-order valence-electron chi connectivity index (χ3n) is 3.36. The van der Waals surface area contributed by atoms with E-state index in [1.165, 1.54) is 16.8 Å². The molecule has 0 bridgehead atoms. The maximum absolute atomic E-state index is 12.1. The van der Waals surface area contributed by atoms with Crippen LogP contribution in [-0.2, 0) is 11.8 Å². The first kappa shape index (κ1) is 18.4. The van der Waals surface area contributed by atoms with Crippen LogP contribution in [0.5, 0.6) is 5.75 Å². The molecule has 0 aliphatic rings. The van der Waals surface area contributed by atoms with Crippen LogP contribution in [0, 0.1) is 0 Å². The summed E-state index contributed by atoms with van der Waals surface area (Å²) in [6.07, 6.45) is 0. The highest BCUT2D eigenvalue weighted by molar-refractivity contribution is 6.43. The molecular weight excluding hydrogens is 401 g/mol. The van der Waals surface area contributed by atoms with Crippen LogP contribution in [0.3, 0.4) is 0 Å². The van der Waals surface area contributed by atoms with Crippen molar-refractivity contribution in [3.63, 3.8) is 0 Å². The van der Waals surface area contributed by atoms with Gasteiger partial charge in [0.15, 0.2) is 12.4 Å². The predicted molar refractivity (Wildman–Crippen MR) is 99.8 cm³/mol. The van der Waals surface area contributed by atoms with Crippen molar-refractivity contribution in [1.29, 1.82) is 0 Å². The highest BCUT2D eigenvalue weighted by atomic mass is 35.5. The monoisotopic (exact) mass is 411 g/mol. The van der Waals surface area contributed by atoms with Crippen molar-refractivity contribution in [3.05, 3.63) is 51.5 Å². The first-order valence-electron chi connectivity index (χ1n) is 7.34. The van der Waals surface area contributed by atoms with Gasteiger partial charge in [-0.25, -0.2) is 4.68 Å². The van der Waals surface area contributed by atoms with E-state index in [4.69, 9.17) is 39.5 Å². The lowest BCUT2D eigenvalue weighted by Gasteiger charge is -2.10. The Morgan fingerprint density at radius 3 is 2.65 bits per heavy atom. The number of hydrogen-bond acceptors (Lipinski definition) is 5. The van der Waals surface area contributed by atoms with Crippen molar-refractivity contribution in [1.82, 2.24) is 20.2 Å². The van der Waals surface area contributed by atoms with E-state index in [0.717, 1.165) is 5.56 Å². The Hall–Kier alpha value is -2.35. The molecule has 0 saturated carbocycles. The highest BCUT2D eigenvalue weighted by Crippen LogP contribution is 2.33. The summed E-state index contributed by atoms with van der Waals surface area (Å²) in [7, 11) is 1.73. The number of halogens is 3. The molecule has 2 aromatic carbocycles. The van der Waals surface area contributed by atoms with Crippen molar-refractivity contribution >= 4 is 46.4 Å². The van der Waals surface area contributed by atoms with Gasteiger partial charge in [-0.15, -0.1) is 5.10 Å². The van der Waals surface area contributed by atoms with E-state index in [0.29, 0.717) is 16.5 Å². The van der Waals surface area contributed by atoms with Gasteiger partial charge >= 0.3 is 0 Å². The Bertz CT molecular complexity index is 961. The molecule has 3 aromatic rings. The normalized spacial score (nSPS) is 10.6. The number of nitrogens with one attached hydrogen (secondary N) is 1. The second-order valence-electron chi connectivity index (χ2n) is 5.24. The van der Waals surface area contributed by atoms with Crippen molar-refractivity contribution in [2.24, 2.45) is 7.05 Å². The highest BCUT2D eigenvalue weighted by Gasteiger charge is 2.11. The number of tetrazole rings is 1. The van der Waals surface area contributed by atoms with E-state index < -0.39 is 0 Å². The number of aromatic nitrogens is 4. The van der Waals surface area contributed by atoms with E-state index in [2.05, 4.69) is 20.8 Å². The molecule has 0 aliphatic carbocycles. The quantitative estimate of drug-likeness (QED) is 0.644. The number of anilines is 1. The average molecular weight is 413 g/mol. The Morgan fingerprint density at radius 2 is 1.92 bits per heavy atom. The fraction of sp³-hybridized carbons (Fsp3) is 0.125. The van der Waals surface area contributed by atoms with Gasteiger partial charge in [0, 0.05) is 24.4 Å². The largest absolute Gasteiger partial charge is 0.482 e. The second-order valence-corrected chi connectivity index (χ2v) is 6.46. The smallest absolute Gasteiger partial charge is 0.262 e. The minimum atomic E-state index is -0.361. The summed E-state index contributed by atoms with van der Waals surface area (Å²) in [5.41, 5.74) is 1.35. The number of aryl methyl sites for hydroxylation is 1. The summed E-state index contributed by atoms with van der Waals surface area (Å²) in [5.74, 6) is 0.496. The molecule has 0 atom stereocenters. The number of carbonyl (C=O) groups excluding carboxylic acids is 1. The third kappa shape index (κ3) is 4.24. The summed E-state index contributed by atoms with van der Waals surface area (Å²) in [6.45, 7) is -0.243. The molecule has 0 spiro atoms. The molecule has 1 amide bonds. The van der Waals surface area contributed by atoms with Crippen LogP contribution < -0.4 is 10.1 Å². The van der Waals surface area contributed by atoms with Gasteiger partial charge in [-0.1, -0.05) is 46.9 Å². The van der Waals surface area contributed by atoms with Crippen molar-refractivity contribution in [2.45, 2.75) is 0 Å². The van der Waals surface area contributed by atoms with Crippen molar-refractivity contribution in [2.75, 3.05) is 11.9 Å². The lowest BCUT2D eigenvalue weighted by Crippen LogP contribution is -2.20. The van der Waals surface area contributed by atoms with Gasteiger partial charge in [0.25, 0.3) is 5.91 Å². The maximum Gasteiger partial charge on any atom is 0.262 e. The molecule has 0 radical (unpaired) electrons. The first-order chi connectivity index (χ1) is 12.4. The van der Waals surface area contributed by atoms with E-state index >= 15 is 0 Å². The molecule has 7 nitrogen and oxygen atoms in total. The van der Waals surface area contributed by atoms with E-state index in [9.17, 15) is 4.79 Å². The summed E-state index contributed by atoms with van der Waals surface area (Å²) in [4.78, 5) is 12.1. The first-order valence-corrected chi connectivity index (χ1v) is 8.47. The predicted octanol–water partition coefficient (Wildman–Crippen LogP) is 3.85. The molecule has 1 N–H and O–H groups in total. The molecule has 1 aromatic heterocycles. The van der Waals surface area contributed by atoms with Gasteiger partial charge in [-0.2, -0.15) is 0 Å². The average Bonchev–Trinajstić information content (AvgIpc) is 3.03. The summed E-state index contributed by atoms with van der Waals surface area (Å²) in [6, 6.07) is 10.1. The van der Waals surface area contributed by atoms with Crippen LogP contribution in [0.15, 0.2) is 36.4 Å². The summed E-state index contributed by atoms with van der Waals surface area (Å²) >= 11 is 17.8. The van der Waals surface area contributed by atoms with Gasteiger partial charge in [-0.3, -0.25) is 4.79 Å². The maximum atomic E-state index is 12.1. The number of benzene rings is 2. The van der Waals surface area contributed by atoms with Crippen LogP contribution >= 0.6 is 34.8 Å². The molecule has 0 aliphatic heterocycles. The van der Waals surface area contributed by atoms with Gasteiger partial charge in [0.2, 0.25) is 0 Å². The zero-order valence-electron chi connectivity index (χ0n) is 13.4. The minimum Gasteiger partial charge on any atom is -0.482 e. The third-order valence-corrected chi connectivity index (χ3v) is 4.38. The Labute approximate surface area is 163 Å². The van der Waals surface area contributed by atoms with E-state index in [-0.39, 0.29) is 28.3 Å². The Balaban J connectivity index is 1.66. The van der Waals surface area contributed by atoms with Crippen LogP contribution in [0.25, 0.3) is 11.4 Å². The Kier molecular flexibility index (Phi) is 5.61. The van der Waals surface area contributed by atoms with Crippen LogP contribution in [0.1, 0.15) is 0 Å². The van der Waals surface area contributed by atoms with Gasteiger partial charge in [0.05, 0.1) is 15.1 Å². The number of carbonyl (C=O) groups is 1. The fourth-order valence-electron chi connectivity index (χ4n) is 2.17. The zero-order chi connectivity index (χ0) is 18.7. The molecule has 10 heteroatoms. The molecule has 1 heterocycles. The van der Waals surface area contributed by atoms with Crippen LogP contribution in [-0.4, -0.2) is 32.7 Å². The van der Waals surface area contributed by atoms with E-state index in [1.54, 1.807) is 25.2 Å². The van der Waals surface area contributed by atoms with Crippen molar-refractivity contribution < 1.29 is 9.53 Å². The van der Waals surface area contributed by atoms with Crippen LogP contribution in [0.4, 0.5) is 5.69 Å². The molecule has 26 heavy (non-hydrogen) atoms. The van der Waals surface area contributed by atoms with Gasteiger partial charge in [-0.05, 0) is 28.6 Å². The number of ether oxygens (including phenoxy) is 1. The lowest BCUT2D eigenvalue weighted by atomic mass is 10.2. The molecular formula is C16H12Cl3N5O2.